The normalized spacial score (nSPS) is 19.5. The highest BCUT2D eigenvalue weighted by atomic mass is 19.4. The van der Waals surface area contributed by atoms with Gasteiger partial charge in [0.05, 0.1) is 11.8 Å². The molecule has 168 valence electrons. The second kappa shape index (κ2) is 8.54. The predicted molar refractivity (Wildman–Crippen MR) is 99.8 cm³/mol. The lowest BCUT2D eigenvalue weighted by Gasteiger charge is -2.35. The molecule has 2 saturated heterocycles. The number of hydrogen-bond acceptors (Lipinski definition) is 7. The predicted octanol–water partition coefficient (Wildman–Crippen LogP) is 2.45. The summed E-state index contributed by atoms with van der Waals surface area (Å²) in [7, 11) is 0. The number of aliphatic hydroxyl groups is 1. The number of amides is 1. The van der Waals surface area contributed by atoms with Crippen LogP contribution >= 0.6 is 0 Å². The number of β-amino-alcohol motifs (C(OH)–C–C–N with tert-alkyl or cyclic N) is 1. The van der Waals surface area contributed by atoms with Gasteiger partial charge in [-0.05, 0) is 20.8 Å². The van der Waals surface area contributed by atoms with Gasteiger partial charge in [-0.3, -0.25) is 4.90 Å². The van der Waals surface area contributed by atoms with E-state index in [1.807, 2.05) is 0 Å². The van der Waals surface area contributed by atoms with Gasteiger partial charge in [-0.15, -0.1) is 0 Å². The summed E-state index contributed by atoms with van der Waals surface area (Å²) in [5.41, 5.74) is -0.409. The molecule has 2 aliphatic rings. The van der Waals surface area contributed by atoms with Crippen LogP contribution in [-0.2, 0) is 17.5 Å². The smallest absolute Gasteiger partial charge is 0.451 e. The molecule has 0 bridgehead atoms. The Bertz CT molecular complexity index is 755. The number of aliphatic hydroxyl groups excluding tert-OH is 1. The molecular formula is C19H27F3N4O4. The van der Waals surface area contributed by atoms with Crippen molar-refractivity contribution in [1.82, 2.24) is 19.8 Å². The minimum Gasteiger partial charge on any atom is -0.474 e. The van der Waals surface area contributed by atoms with E-state index >= 15 is 0 Å². The molecule has 0 spiro atoms. The van der Waals surface area contributed by atoms with Crippen LogP contribution in [0.15, 0.2) is 6.07 Å². The van der Waals surface area contributed by atoms with Gasteiger partial charge in [0.2, 0.25) is 11.7 Å². The van der Waals surface area contributed by atoms with Crippen LogP contribution in [0.25, 0.3) is 0 Å². The summed E-state index contributed by atoms with van der Waals surface area (Å²) in [5.74, 6) is -1.38. The van der Waals surface area contributed by atoms with Crippen molar-refractivity contribution in [3.05, 3.63) is 17.6 Å². The van der Waals surface area contributed by atoms with Crippen LogP contribution in [0.1, 0.15) is 45.1 Å². The summed E-state index contributed by atoms with van der Waals surface area (Å²) in [6, 6.07) is 1.40. The molecule has 8 nitrogen and oxygen atoms in total. The van der Waals surface area contributed by atoms with Crippen LogP contribution in [0.4, 0.5) is 18.0 Å². The molecule has 2 fully saturated rings. The number of rotatable bonds is 4. The lowest BCUT2D eigenvalue weighted by Crippen LogP contribution is -2.50. The van der Waals surface area contributed by atoms with Gasteiger partial charge in [-0.1, -0.05) is 0 Å². The summed E-state index contributed by atoms with van der Waals surface area (Å²) in [4.78, 5) is 22.6. The first-order valence-electron chi connectivity index (χ1n) is 9.89. The fraction of sp³-hybridized carbons (Fsp3) is 0.737. The second-order valence-corrected chi connectivity index (χ2v) is 8.65. The van der Waals surface area contributed by atoms with Gasteiger partial charge >= 0.3 is 12.3 Å². The van der Waals surface area contributed by atoms with Gasteiger partial charge in [-0.2, -0.15) is 18.2 Å². The number of hydrogen-bond donors (Lipinski definition) is 1. The zero-order valence-electron chi connectivity index (χ0n) is 17.3. The Balaban J connectivity index is 1.62. The molecule has 0 unspecified atom stereocenters. The molecule has 0 radical (unpaired) electrons. The van der Waals surface area contributed by atoms with E-state index < -0.39 is 29.8 Å². The van der Waals surface area contributed by atoms with E-state index in [0.29, 0.717) is 39.0 Å². The van der Waals surface area contributed by atoms with Crippen molar-refractivity contribution in [2.45, 2.75) is 64.1 Å². The molecule has 1 aromatic rings. The average Bonchev–Trinajstić information content (AvgIpc) is 2.58. The highest BCUT2D eigenvalue weighted by Crippen LogP contribution is 2.29. The molecule has 0 aliphatic carbocycles. The summed E-state index contributed by atoms with van der Waals surface area (Å²) >= 11 is 0. The van der Waals surface area contributed by atoms with Crippen LogP contribution in [0, 0.1) is 0 Å². The largest absolute Gasteiger partial charge is 0.474 e. The summed E-state index contributed by atoms with van der Waals surface area (Å²) in [6.45, 7) is 7.09. The van der Waals surface area contributed by atoms with E-state index in [4.69, 9.17) is 9.47 Å². The molecule has 11 heteroatoms. The number of piperidine rings is 1. The lowest BCUT2D eigenvalue weighted by atomic mass is 10.1. The fourth-order valence-corrected chi connectivity index (χ4v) is 3.29. The number of ether oxygens (including phenoxy) is 2. The van der Waals surface area contributed by atoms with E-state index in [0.717, 1.165) is 0 Å². The fourth-order valence-electron chi connectivity index (χ4n) is 3.29. The highest BCUT2D eigenvalue weighted by molar-refractivity contribution is 5.68. The monoisotopic (exact) mass is 432 g/mol. The van der Waals surface area contributed by atoms with Crippen LogP contribution in [0.2, 0.25) is 0 Å². The molecule has 0 saturated carbocycles. The molecule has 2 aliphatic heterocycles. The van der Waals surface area contributed by atoms with Crippen LogP contribution in [-0.4, -0.2) is 75.0 Å². The van der Waals surface area contributed by atoms with Gasteiger partial charge in [0, 0.05) is 51.6 Å². The Morgan fingerprint density at radius 1 is 1.20 bits per heavy atom. The maximum absolute atomic E-state index is 13.2. The van der Waals surface area contributed by atoms with Gasteiger partial charge in [0.1, 0.15) is 11.7 Å². The summed E-state index contributed by atoms with van der Waals surface area (Å²) < 4.78 is 50.7. The molecule has 3 heterocycles. The van der Waals surface area contributed by atoms with Crippen molar-refractivity contribution < 1.29 is 32.5 Å². The van der Waals surface area contributed by atoms with E-state index in [-0.39, 0.29) is 24.2 Å². The zero-order valence-corrected chi connectivity index (χ0v) is 17.3. The molecule has 30 heavy (non-hydrogen) atoms. The number of aromatic nitrogens is 2. The molecule has 1 aromatic heterocycles. The van der Waals surface area contributed by atoms with Gasteiger partial charge in [0.15, 0.2) is 0 Å². The van der Waals surface area contributed by atoms with Gasteiger partial charge in [-0.25, -0.2) is 9.78 Å². The third kappa shape index (κ3) is 6.18. The van der Waals surface area contributed by atoms with Crippen molar-refractivity contribution in [3.8, 4) is 5.88 Å². The minimum absolute atomic E-state index is 0.135. The van der Waals surface area contributed by atoms with Crippen molar-refractivity contribution in [3.63, 3.8) is 0 Å². The second-order valence-electron chi connectivity index (χ2n) is 8.65. The number of likely N-dealkylation sites (tertiary alicyclic amines) is 2. The van der Waals surface area contributed by atoms with E-state index in [1.165, 1.54) is 6.07 Å². The quantitative estimate of drug-likeness (QED) is 0.782. The van der Waals surface area contributed by atoms with Gasteiger partial charge in [0.25, 0.3) is 0 Å². The first-order chi connectivity index (χ1) is 13.9. The topological polar surface area (TPSA) is 88.0 Å². The van der Waals surface area contributed by atoms with E-state index in [9.17, 15) is 23.1 Å². The standard InChI is InChI=1S/C19H27F3N4O4/c1-18(2,3)30-17(28)26-6-4-14(5-7-26)29-15-8-12(9-25-10-13(27)11-25)23-16(24-15)19(20,21)22/h8,13-14,27H,4-7,9-11H2,1-3H3. The maximum atomic E-state index is 13.2. The average molecular weight is 432 g/mol. The molecule has 0 aromatic carbocycles. The van der Waals surface area contributed by atoms with Crippen LogP contribution in [0.3, 0.4) is 0 Å². The SMILES string of the molecule is CC(C)(C)OC(=O)N1CCC(Oc2cc(CN3CC(O)C3)nc(C(F)(F)F)n2)CC1. The lowest BCUT2D eigenvalue weighted by molar-refractivity contribution is -0.145. The number of alkyl halides is 3. The molecule has 1 N–H and O–H groups in total. The molecule has 1 amide bonds. The first-order valence-corrected chi connectivity index (χ1v) is 9.89. The molecule has 0 atom stereocenters. The van der Waals surface area contributed by atoms with E-state index in [1.54, 1.807) is 30.6 Å². The summed E-state index contributed by atoms with van der Waals surface area (Å²) in [6.07, 6.45) is -5.02. The Kier molecular flexibility index (Phi) is 6.42. The van der Waals surface area contributed by atoms with Crippen LogP contribution < -0.4 is 4.74 Å². The molecule has 3 rings (SSSR count). The molecular weight excluding hydrogens is 405 g/mol. The van der Waals surface area contributed by atoms with Crippen molar-refractivity contribution >= 4 is 6.09 Å². The minimum atomic E-state index is -4.69. The van der Waals surface area contributed by atoms with Crippen molar-refractivity contribution in [2.24, 2.45) is 0 Å². The number of carbonyl (C=O) groups excluding carboxylic acids is 1. The van der Waals surface area contributed by atoms with Crippen molar-refractivity contribution in [1.29, 1.82) is 0 Å². The number of carbonyl (C=O) groups is 1. The summed E-state index contributed by atoms with van der Waals surface area (Å²) in [5, 5.41) is 9.36. The Morgan fingerprint density at radius 2 is 1.83 bits per heavy atom. The Hall–Kier alpha value is -2.14. The van der Waals surface area contributed by atoms with E-state index in [2.05, 4.69) is 9.97 Å². The Morgan fingerprint density at radius 3 is 2.37 bits per heavy atom. The van der Waals surface area contributed by atoms with Gasteiger partial charge < -0.3 is 19.5 Å². The third-order valence-corrected chi connectivity index (χ3v) is 4.71. The number of halogens is 3. The maximum Gasteiger partial charge on any atom is 0.451 e. The zero-order chi connectivity index (χ0) is 22.1. The van der Waals surface area contributed by atoms with Crippen LogP contribution in [0.5, 0.6) is 5.88 Å². The Labute approximate surface area is 173 Å². The third-order valence-electron chi connectivity index (χ3n) is 4.71. The first kappa shape index (κ1) is 22.5. The highest BCUT2D eigenvalue weighted by Gasteiger charge is 2.37. The number of nitrogens with zero attached hydrogens (tertiary/aromatic N) is 4. The van der Waals surface area contributed by atoms with Crippen molar-refractivity contribution in [2.75, 3.05) is 26.2 Å².